The van der Waals surface area contributed by atoms with E-state index in [0.29, 0.717) is 6.44 Å². The molecule has 0 saturated heterocycles. The van der Waals surface area contributed by atoms with Crippen molar-refractivity contribution in [1.82, 2.24) is 0 Å². The molecule has 0 aliphatic heterocycles. The van der Waals surface area contributed by atoms with Crippen LogP contribution in [0.15, 0.2) is 4.74 Å². The Balaban J connectivity index is 2.93. The van der Waals surface area contributed by atoms with Crippen molar-refractivity contribution in [1.29, 1.82) is 0 Å². The number of carbonyl (C=O) groups excluding carboxylic acids is 1. The Morgan fingerprint density at radius 3 is 2.88 bits per heavy atom. The number of hydrogen-bond donors (Lipinski definition) is 0. The first-order valence-electron chi connectivity index (χ1n) is 2.10. The minimum Gasteiger partial charge on any atom is -0.282 e. The summed E-state index contributed by atoms with van der Waals surface area (Å²) in [7, 11) is 4.56. The second-order valence-corrected chi connectivity index (χ2v) is 1.93. The van der Waals surface area contributed by atoms with Gasteiger partial charge in [-0.05, 0) is 27.0 Å². The van der Waals surface area contributed by atoms with Crippen LogP contribution in [0.4, 0.5) is 0 Å². The highest BCUT2D eigenvalue weighted by atomic mass is 35.5. The molecule has 0 aliphatic carbocycles. The van der Waals surface area contributed by atoms with Gasteiger partial charge in [-0.2, -0.15) is 0 Å². The van der Waals surface area contributed by atoms with Gasteiger partial charge >= 0.3 is 0 Å². The number of halogens is 1. The predicted molar refractivity (Wildman–Crippen MR) is 37.0 cm³/mol. The fourth-order valence-corrected chi connectivity index (χ4v) is 0.481. The minimum absolute atomic E-state index is 0.287. The third-order valence-electron chi connectivity index (χ3n) is 0.525. The van der Waals surface area contributed by atoms with Crippen LogP contribution in [0.1, 0.15) is 0 Å². The number of hydrogen-bond acceptors (Lipinski definition) is 2. The Morgan fingerprint density at radius 2 is 2.50 bits per heavy atom. The third-order valence-corrected chi connectivity index (χ3v) is 0.862. The summed E-state index contributed by atoms with van der Waals surface area (Å²) in [4.78, 5) is 10.00. The second-order valence-electron chi connectivity index (χ2n) is 1.19. The molecule has 0 N–H and O–H groups in total. The molecule has 0 heterocycles. The molecule has 0 bridgehead atoms. The third kappa shape index (κ3) is 6.12. The fourth-order valence-electron chi connectivity index (χ4n) is 0.243. The molecule has 0 fully saturated rings. The van der Waals surface area contributed by atoms with Gasteiger partial charge in [0.05, 0.1) is 0 Å². The van der Waals surface area contributed by atoms with Crippen molar-refractivity contribution in [2.24, 2.45) is 4.74 Å². The Labute approximate surface area is 56.2 Å². The average molecular weight is 148 g/mol. The van der Waals surface area contributed by atoms with Crippen LogP contribution in [-0.2, 0) is 4.79 Å². The van der Waals surface area contributed by atoms with Crippen molar-refractivity contribution < 1.29 is 4.79 Å². The first-order chi connectivity index (χ1) is 3.77. The van der Waals surface area contributed by atoms with Gasteiger partial charge in [-0.3, -0.25) is 9.54 Å². The molecule has 0 amide bonds. The normalized spacial score (nSPS) is 8.12. The van der Waals surface area contributed by atoms with Crippen molar-refractivity contribution >= 4 is 33.2 Å². The van der Waals surface area contributed by atoms with E-state index in [1.807, 2.05) is 0 Å². The van der Waals surface area contributed by atoms with Crippen molar-refractivity contribution in [2.75, 3.05) is 6.44 Å². The minimum atomic E-state index is -0.347. The van der Waals surface area contributed by atoms with E-state index in [1.165, 1.54) is 0 Å². The lowest BCUT2D eigenvalue weighted by atomic mass is 9.76. The molecule has 5 heteroatoms. The van der Waals surface area contributed by atoms with Gasteiger partial charge in [0, 0.05) is 6.44 Å². The molecule has 0 aliphatic rings. The predicted octanol–water partition coefficient (Wildman–Crippen LogP) is 1.16. The largest absolute Gasteiger partial charge is 0.282 e. The van der Waals surface area contributed by atoms with E-state index in [4.69, 9.17) is 11.6 Å². The Hall–Kier alpha value is 0.125. The van der Waals surface area contributed by atoms with E-state index in [9.17, 15) is 4.79 Å². The molecule has 0 rings (SSSR count). The zero-order valence-corrected chi connectivity index (χ0v) is 5.98. The number of nitrogens with zero attached hydrogens (tertiary/aromatic N) is 1. The topological polar surface area (TPSA) is 29.4 Å². The van der Waals surface area contributed by atoms with Crippen molar-refractivity contribution in [3.63, 3.8) is 0 Å². The Morgan fingerprint density at radius 1 is 1.88 bits per heavy atom. The SMILES string of the molecule is O=C(Cl)C[B]CN=P. The zero-order valence-electron chi connectivity index (χ0n) is 4.22. The van der Waals surface area contributed by atoms with Gasteiger partial charge in [-0.1, -0.05) is 0 Å². The molecule has 0 spiro atoms. The Bertz CT molecular complexity index is 99.3. The summed E-state index contributed by atoms with van der Waals surface area (Å²) in [5.41, 5.74) is 0. The maximum absolute atomic E-state index is 10.00. The van der Waals surface area contributed by atoms with Crippen molar-refractivity contribution in [3.8, 4) is 0 Å². The highest BCUT2D eigenvalue weighted by Gasteiger charge is 1.94. The highest BCUT2D eigenvalue weighted by Crippen LogP contribution is 1.87. The lowest BCUT2D eigenvalue weighted by molar-refractivity contribution is -0.109. The first-order valence-corrected chi connectivity index (χ1v) is 2.93. The lowest BCUT2D eigenvalue weighted by Crippen LogP contribution is -1.98. The first kappa shape index (κ1) is 8.12. The summed E-state index contributed by atoms with van der Waals surface area (Å²) in [6, 6.07) is 0. The second kappa shape index (κ2) is 5.27. The van der Waals surface area contributed by atoms with Gasteiger partial charge in [0.15, 0.2) is 7.28 Å². The van der Waals surface area contributed by atoms with E-state index in [-0.39, 0.29) is 11.6 Å². The van der Waals surface area contributed by atoms with Gasteiger partial charge in [-0.15, -0.1) is 0 Å². The zero-order chi connectivity index (χ0) is 6.41. The summed E-state index contributed by atoms with van der Waals surface area (Å²) in [5, 5.41) is -0.347. The quantitative estimate of drug-likeness (QED) is 0.255. The molecular weight excluding hydrogens is 143 g/mol. The molecular formula is C3H5BClNOP. The van der Waals surface area contributed by atoms with Crippen LogP contribution in [0.5, 0.6) is 0 Å². The van der Waals surface area contributed by atoms with Crippen molar-refractivity contribution in [3.05, 3.63) is 0 Å². The summed E-state index contributed by atoms with van der Waals surface area (Å²) in [5.74, 6) is 0. The molecule has 2 nitrogen and oxygen atoms in total. The van der Waals surface area contributed by atoms with Crippen LogP contribution in [0.2, 0.25) is 6.32 Å². The van der Waals surface area contributed by atoms with Gasteiger partial charge in [0.25, 0.3) is 0 Å². The summed E-state index contributed by atoms with van der Waals surface area (Å²) in [6.45, 7) is 0. The van der Waals surface area contributed by atoms with Crippen LogP contribution in [-0.4, -0.2) is 19.0 Å². The van der Waals surface area contributed by atoms with Crippen LogP contribution in [0.25, 0.3) is 0 Å². The van der Waals surface area contributed by atoms with E-state index in [0.717, 1.165) is 0 Å². The maximum Gasteiger partial charge on any atom is 0.213 e. The molecule has 1 radical (unpaired) electrons. The fraction of sp³-hybridized carbons (Fsp3) is 0.667. The van der Waals surface area contributed by atoms with Crippen molar-refractivity contribution in [2.45, 2.75) is 6.32 Å². The van der Waals surface area contributed by atoms with Gasteiger partial charge < -0.3 is 0 Å². The molecule has 8 heavy (non-hydrogen) atoms. The summed E-state index contributed by atoms with van der Waals surface area (Å²) >= 11 is 4.99. The van der Waals surface area contributed by atoms with Crippen LogP contribution >= 0.6 is 20.6 Å². The molecule has 0 aromatic heterocycles. The number of carbonyl (C=O) groups is 1. The molecule has 0 aromatic carbocycles. The standard InChI is InChI=1S/C3H5BClNOP/c5-3(7)1-4-2-6-8/h8H,1-2H2. The van der Waals surface area contributed by atoms with Gasteiger partial charge in [0.2, 0.25) is 5.24 Å². The van der Waals surface area contributed by atoms with Crippen LogP contribution in [0.3, 0.4) is 0 Å². The molecule has 43 valence electrons. The molecule has 0 aromatic rings. The number of rotatable bonds is 4. The maximum atomic E-state index is 10.00. The molecule has 0 atom stereocenters. The highest BCUT2D eigenvalue weighted by molar-refractivity contribution is 7.04. The molecule has 0 saturated carbocycles. The van der Waals surface area contributed by atoms with E-state index >= 15 is 0 Å². The summed E-state index contributed by atoms with van der Waals surface area (Å²) < 4.78 is 3.55. The van der Waals surface area contributed by atoms with Gasteiger partial charge in [-0.25, -0.2) is 0 Å². The van der Waals surface area contributed by atoms with Gasteiger partial charge in [0.1, 0.15) is 0 Å². The van der Waals surface area contributed by atoms with E-state index < -0.39 is 0 Å². The van der Waals surface area contributed by atoms with Crippen LogP contribution < -0.4 is 0 Å². The lowest BCUT2D eigenvalue weighted by Gasteiger charge is -1.83. The summed E-state index contributed by atoms with van der Waals surface area (Å²) in [6.07, 6.45) is 0.810. The van der Waals surface area contributed by atoms with E-state index in [1.54, 1.807) is 7.28 Å². The van der Waals surface area contributed by atoms with E-state index in [2.05, 4.69) is 13.8 Å². The Kier molecular flexibility index (Phi) is 5.35. The molecule has 0 unspecified atom stereocenters. The average Bonchev–Trinajstić information content (AvgIpc) is 1.66. The monoisotopic (exact) mass is 148 g/mol. The smallest absolute Gasteiger partial charge is 0.213 e. The van der Waals surface area contributed by atoms with Crippen LogP contribution in [0, 0.1) is 0 Å².